The number of hydrogen-bond donors (Lipinski definition) is 0. The summed E-state index contributed by atoms with van der Waals surface area (Å²) in [5.41, 5.74) is 3.33. The maximum Gasteiger partial charge on any atom is 0.124 e. The summed E-state index contributed by atoms with van der Waals surface area (Å²) in [6.45, 7) is 0.677. The van der Waals surface area contributed by atoms with Crippen LogP contribution in [-0.4, -0.2) is 11.1 Å². The smallest absolute Gasteiger partial charge is 0.124 e. The number of rotatable bonds is 5. The molecule has 1 aromatic carbocycles. The minimum atomic E-state index is 0.442. The molecule has 1 heterocycles. The van der Waals surface area contributed by atoms with Gasteiger partial charge in [0.25, 0.3) is 0 Å². The molecule has 1 aliphatic carbocycles. The van der Waals surface area contributed by atoms with Crippen LogP contribution in [0.2, 0.25) is 0 Å². The molecule has 2 aromatic rings. The summed E-state index contributed by atoms with van der Waals surface area (Å²) in [7, 11) is 0. The van der Waals surface area contributed by atoms with Crippen LogP contribution in [-0.2, 0) is 17.2 Å². The average Bonchev–Trinajstić information content (AvgIpc) is 3.16. The van der Waals surface area contributed by atoms with Gasteiger partial charge in [0.15, 0.2) is 0 Å². The Hall–Kier alpha value is -0.900. The molecule has 4 heteroatoms. The normalized spacial score (nSPS) is 15.8. The second-order valence-corrected chi connectivity index (χ2v) is 6.28. The van der Waals surface area contributed by atoms with E-state index < -0.39 is 0 Å². The molecule has 20 heavy (non-hydrogen) atoms. The Bertz CT molecular complexity index is 563. The number of ether oxygens (including phenoxy) is 1. The second kappa shape index (κ2) is 6.70. The van der Waals surface area contributed by atoms with E-state index in [9.17, 15) is 0 Å². The van der Waals surface area contributed by atoms with Crippen molar-refractivity contribution in [3.8, 4) is 10.6 Å². The molecule has 3 rings (SSSR count). The molecule has 0 unspecified atom stereocenters. The predicted molar refractivity (Wildman–Crippen MR) is 84.2 cm³/mol. The highest BCUT2D eigenvalue weighted by Crippen LogP contribution is 2.29. The molecule has 0 bridgehead atoms. The van der Waals surface area contributed by atoms with Crippen LogP contribution in [0.15, 0.2) is 29.6 Å². The standard InChI is InChI=1S/C16H18ClNOS/c17-9-13-11-20-16(18-13)15-8-4-1-5-12(15)10-19-14-6-2-3-7-14/h1,4-5,8,11,14H,2-3,6-7,9-10H2. The minimum Gasteiger partial charge on any atom is -0.374 e. The highest BCUT2D eigenvalue weighted by Gasteiger charge is 2.16. The van der Waals surface area contributed by atoms with Crippen molar-refractivity contribution in [3.05, 3.63) is 40.9 Å². The summed E-state index contributed by atoms with van der Waals surface area (Å²) in [4.78, 5) is 4.57. The van der Waals surface area contributed by atoms with Gasteiger partial charge in [-0.25, -0.2) is 4.98 Å². The summed E-state index contributed by atoms with van der Waals surface area (Å²) >= 11 is 7.48. The molecule has 2 nitrogen and oxygen atoms in total. The van der Waals surface area contributed by atoms with E-state index in [4.69, 9.17) is 16.3 Å². The van der Waals surface area contributed by atoms with Gasteiger partial charge in [0.05, 0.1) is 24.3 Å². The van der Waals surface area contributed by atoms with E-state index in [0.717, 1.165) is 10.7 Å². The quantitative estimate of drug-likeness (QED) is 0.725. The third-order valence-electron chi connectivity index (χ3n) is 3.71. The number of nitrogens with zero attached hydrogens (tertiary/aromatic N) is 1. The molecule has 0 N–H and O–H groups in total. The lowest BCUT2D eigenvalue weighted by Crippen LogP contribution is -2.07. The maximum absolute atomic E-state index is 6.04. The molecule has 0 saturated heterocycles. The molecule has 106 valence electrons. The van der Waals surface area contributed by atoms with Gasteiger partial charge in [-0.2, -0.15) is 0 Å². The fourth-order valence-electron chi connectivity index (χ4n) is 2.61. The van der Waals surface area contributed by atoms with Crippen LogP contribution in [0.3, 0.4) is 0 Å². The zero-order chi connectivity index (χ0) is 13.8. The third-order valence-corrected chi connectivity index (χ3v) is 4.91. The Morgan fingerprint density at radius 3 is 2.80 bits per heavy atom. The number of halogens is 1. The zero-order valence-electron chi connectivity index (χ0n) is 11.3. The molecule has 0 atom stereocenters. The topological polar surface area (TPSA) is 22.1 Å². The summed E-state index contributed by atoms with van der Waals surface area (Å²) < 4.78 is 6.04. The van der Waals surface area contributed by atoms with Gasteiger partial charge in [-0.05, 0) is 18.4 Å². The highest BCUT2D eigenvalue weighted by molar-refractivity contribution is 7.13. The SMILES string of the molecule is ClCc1csc(-c2ccccc2COC2CCCC2)n1. The molecule has 0 aliphatic heterocycles. The molecule has 1 aromatic heterocycles. The van der Waals surface area contributed by atoms with Crippen molar-refractivity contribution in [2.45, 2.75) is 44.3 Å². The predicted octanol–water partition coefficient (Wildman–Crippen LogP) is 5.01. The van der Waals surface area contributed by atoms with Gasteiger partial charge in [0.1, 0.15) is 5.01 Å². The van der Waals surface area contributed by atoms with Crippen molar-refractivity contribution in [2.75, 3.05) is 0 Å². The van der Waals surface area contributed by atoms with E-state index in [1.54, 1.807) is 11.3 Å². The Morgan fingerprint density at radius 1 is 1.25 bits per heavy atom. The van der Waals surface area contributed by atoms with E-state index in [-0.39, 0.29) is 0 Å². The van der Waals surface area contributed by atoms with Crippen molar-refractivity contribution < 1.29 is 4.74 Å². The van der Waals surface area contributed by atoms with Crippen LogP contribution < -0.4 is 0 Å². The van der Waals surface area contributed by atoms with Gasteiger partial charge in [-0.1, -0.05) is 37.1 Å². The summed E-state index contributed by atoms with van der Waals surface area (Å²) in [5.74, 6) is 0.469. The van der Waals surface area contributed by atoms with Crippen LogP contribution >= 0.6 is 22.9 Å². The van der Waals surface area contributed by atoms with Gasteiger partial charge >= 0.3 is 0 Å². The van der Waals surface area contributed by atoms with Crippen molar-refractivity contribution in [2.24, 2.45) is 0 Å². The second-order valence-electron chi connectivity index (χ2n) is 5.15. The first-order valence-electron chi connectivity index (χ1n) is 7.07. The van der Waals surface area contributed by atoms with Crippen LogP contribution in [0, 0.1) is 0 Å². The monoisotopic (exact) mass is 307 g/mol. The highest BCUT2D eigenvalue weighted by atomic mass is 35.5. The van der Waals surface area contributed by atoms with Crippen molar-refractivity contribution >= 4 is 22.9 Å². The molecule has 1 fully saturated rings. The maximum atomic E-state index is 6.04. The number of aromatic nitrogens is 1. The Kier molecular flexibility index (Phi) is 4.71. The van der Waals surface area contributed by atoms with Gasteiger partial charge in [-0.15, -0.1) is 22.9 Å². The van der Waals surface area contributed by atoms with Crippen molar-refractivity contribution in [1.29, 1.82) is 0 Å². The van der Waals surface area contributed by atoms with Gasteiger partial charge < -0.3 is 4.74 Å². The van der Waals surface area contributed by atoms with E-state index in [0.29, 0.717) is 18.6 Å². The first-order chi connectivity index (χ1) is 9.86. The number of thiazole rings is 1. The van der Waals surface area contributed by atoms with Crippen molar-refractivity contribution in [1.82, 2.24) is 4.98 Å². The first kappa shape index (κ1) is 14.1. The average molecular weight is 308 g/mol. The lowest BCUT2D eigenvalue weighted by molar-refractivity contribution is 0.0459. The molecular formula is C16H18ClNOS. The fraction of sp³-hybridized carbons (Fsp3) is 0.438. The van der Waals surface area contributed by atoms with Gasteiger partial charge in [0, 0.05) is 10.9 Å². The van der Waals surface area contributed by atoms with Crippen LogP contribution in [0.4, 0.5) is 0 Å². The van der Waals surface area contributed by atoms with E-state index in [1.807, 2.05) is 5.38 Å². The van der Waals surface area contributed by atoms with Crippen LogP contribution in [0.5, 0.6) is 0 Å². The van der Waals surface area contributed by atoms with E-state index in [1.165, 1.54) is 36.8 Å². The minimum absolute atomic E-state index is 0.442. The molecule has 0 radical (unpaired) electrons. The summed E-state index contributed by atoms with van der Waals surface area (Å²) in [5, 5.41) is 3.06. The molecule has 0 spiro atoms. The summed E-state index contributed by atoms with van der Waals surface area (Å²) in [6.07, 6.45) is 5.46. The molecule has 1 aliphatic rings. The lowest BCUT2D eigenvalue weighted by Gasteiger charge is -2.13. The molecular weight excluding hydrogens is 290 g/mol. The number of benzene rings is 1. The zero-order valence-corrected chi connectivity index (χ0v) is 12.9. The van der Waals surface area contributed by atoms with Crippen LogP contribution in [0.25, 0.3) is 10.6 Å². The van der Waals surface area contributed by atoms with E-state index >= 15 is 0 Å². The number of hydrogen-bond acceptors (Lipinski definition) is 3. The van der Waals surface area contributed by atoms with Crippen molar-refractivity contribution in [3.63, 3.8) is 0 Å². The fourth-order valence-corrected chi connectivity index (χ4v) is 3.72. The van der Waals surface area contributed by atoms with Gasteiger partial charge in [-0.3, -0.25) is 0 Å². The Balaban J connectivity index is 1.76. The molecule has 0 amide bonds. The summed E-state index contributed by atoms with van der Waals surface area (Å²) in [6, 6.07) is 8.36. The largest absolute Gasteiger partial charge is 0.374 e. The van der Waals surface area contributed by atoms with E-state index in [2.05, 4.69) is 29.2 Å². The van der Waals surface area contributed by atoms with Gasteiger partial charge in [0.2, 0.25) is 0 Å². The Labute approximate surface area is 128 Å². The first-order valence-corrected chi connectivity index (χ1v) is 8.48. The Morgan fingerprint density at radius 2 is 2.05 bits per heavy atom. The molecule has 1 saturated carbocycles. The lowest BCUT2D eigenvalue weighted by atomic mass is 10.1. The number of alkyl halides is 1. The van der Waals surface area contributed by atoms with Crippen LogP contribution in [0.1, 0.15) is 36.9 Å². The third kappa shape index (κ3) is 3.22.